The summed E-state index contributed by atoms with van der Waals surface area (Å²) in [4.78, 5) is 12.5. The SMILES string of the molecule is CCC(Oc1ccccc1Cl)C(=O)NC(C)c1ccc(C)c(C)c1. The molecule has 2 aromatic carbocycles. The number of benzene rings is 2. The second kappa shape index (κ2) is 8.20. The number of aryl methyl sites for hydroxylation is 2. The zero-order valence-electron chi connectivity index (χ0n) is 14.6. The number of ether oxygens (including phenoxy) is 1. The molecule has 2 aromatic rings. The van der Waals surface area contributed by atoms with Gasteiger partial charge in [-0.15, -0.1) is 0 Å². The van der Waals surface area contributed by atoms with E-state index < -0.39 is 6.10 Å². The lowest BCUT2D eigenvalue weighted by Crippen LogP contribution is -2.39. The van der Waals surface area contributed by atoms with Crippen molar-refractivity contribution in [1.82, 2.24) is 5.32 Å². The van der Waals surface area contributed by atoms with Crippen LogP contribution < -0.4 is 10.1 Å². The lowest BCUT2D eigenvalue weighted by molar-refractivity contribution is -0.128. The molecule has 0 spiro atoms. The smallest absolute Gasteiger partial charge is 0.261 e. The fraction of sp³-hybridized carbons (Fsp3) is 0.350. The summed E-state index contributed by atoms with van der Waals surface area (Å²) in [5, 5.41) is 3.53. The summed E-state index contributed by atoms with van der Waals surface area (Å²) in [6.07, 6.45) is -0.00429. The molecule has 1 amide bonds. The van der Waals surface area contributed by atoms with Crippen molar-refractivity contribution in [1.29, 1.82) is 0 Å². The Hall–Kier alpha value is -2.00. The van der Waals surface area contributed by atoms with E-state index in [1.807, 2.05) is 32.0 Å². The van der Waals surface area contributed by atoms with Crippen molar-refractivity contribution >= 4 is 17.5 Å². The van der Waals surface area contributed by atoms with Crippen LogP contribution >= 0.6 is 11.6 Å². The van der Waals surface area contributed by atoms with Gasteiger partial charge >= 0.3 is 0 Å². The van der Waals surface area contributed by atoms with Gasteiger partial charge in [-0.1, -0.05) is 48.9 Å². The average Bonchev–Trinajstić information content (AvgIpc) is 2.56. The number of carbonyl (C=O) groups is 1. The van der Waals surface area contributed by atoms with Crippen molar-refractivity contribution < 1.29 is 9.53 Å². The van der Waals surface area contributed by atoms with Crippen molar-refractivity contribution in [3.05, 3.63) is 64.2 Å². The molecule has 0 heterocycles. The van der Waals surface area contributed by atoms with Crippen molar-refractivity contribution in [2.75, 3.05) is 0 Å². The number of para-hydroxylation sites is 1. The van der Waals surface area contributed by atoms with Gasteiger partial charge in [0.25, 0.3) is 5.91 Å². The van der Waals surface area contributed by atoms with Crippen molar-refractivity contribution in [3.8, 4) is 5.75 Å². The summed E-state index contributed by atoms with van der Waals surface area (Å²) >= 11 is 6.11. The van der Waals surface area contributed by atoms with Gasteiger partial charge in [0.15, 0.2) is 6.10 Å². The van der Waals surface area contributed by atoms with Crippen LogP contribution in [0.15, 0.2) is 42.5 Å². The van der Waals surface area contributed by atoms with Gasteiger partial charge in [-0.3, -0.25) is 4.79 Å². The molecule has 0 fully saturated rings. The second-order valence-electron chi connectivity index (χ2n) is 6.02. The van der Waals surface area contributed by atoms with E-state index in [9.17, 15) is 4.79 Å². The van der Waals surface area contributed by atoms with Crippen LogP contribution in [-0.4, -0.2) is 12.0 Å². The van der Waals surface area contributed by atoms with Crippen LogP contribution in [0, 0.1) is 13.8 Å². The van der Waals surface area contributed by atoms with Gasteiger partial charge in [0.1, 0.15) is 5.75 Å². The number of hydrogen-bond acceptors (Lipinski definition) is 2. The van der Waals surface area contributed by atoms with Crippen molar-refractivity contribution in [3.63, 3.8) is 0 Å². The molecule has 0 aliphatic carbocycles. The van der Waals surface area contributed by atoms with Crippen LogP contribution in [0.3, 0.4) is 0 Å². The van der Waals surface area contributed by atoms with E-state index in [-0.39, 0.29) is 11.9 Å². The van der Waals surface area contributed by atoms with Crippen molar-refractivity contribution in [2.24, 2.45) is 0 Å². The maximum Gasteiger partial charge on any atom is 0.261 e. The molecule has 24 heavy (non-hydrogen) atoms. The topological polar surface area (TPSA) is 38.3 Å². The maximum absolute atomic E-state index is 12.5. The molecule has 2 unspecified atom stereocenters. The predicted molar refractivity (Wildman–Crippen MR) is 98.6 cm³/mol. The van der Waals surface area contributed by atoms with Gasteiger partial charge in [0.05, 0.1) is 11.1 Å². The monoisotopic (exact) mass is 345 g/mol. The molecule has 0 aromatic heterocycles. The normalized spacial score (nSPS) is 13.2. The molecule has 3 nitrogen and oxygen atoms in total. The largest absolute Gasteiger partial charge is 0.479 e. The first kappa shape index (κ1) is 18.3. The minimum Gasteiger partial charge on any atom is -0.479 e. The van der Waals surface area contributed by atoms with Crippen LogP contribution in [0.2, 0.25) is 5.02 Å². The Morgan fingerprint density at radius 1 is 1.17 bits per heavy atom. The highest BCUT2D eigenvalue weighted by Gasteiger charge is 2.21. The number of nitrogens with one attached hydrogen (secondary N) is 1. The van der Waals surface area contributed by atoms with Gasteiger partial charge in [-0.25, -0.2) is 0 Å². The fourth-order valence-corrected chi connectivity index (χ4v) is 2.62. The van der Waals surface area contributed by atoms with E-state index in [0.29, 0.717) is 17.2 Å². The number of carbonyl (C=O) groups excluding carboxylic acids is 1. The predicted octanol–water partition coefficient (Wildman–Crippen LogP) is 4.99. The molecule has 2 atom stereocenters. The summed E-state index contributed by atoms with van der Waals surface area (Å²) in [5.74, 6) is 0.392. The van der Waals surface area contributed by atoms with Gasteiger partial charge in [0, 0.05) is 0 Å². The quantitative estimate of drug-likeness (QED) is 0.800. The molecule has 0 saturated heterocycles. The standard InChI is InChI=1S/C20H24ClNO2/c1-5-18(24-19-9-7-6-8-17(19)21)20(23)22-15(4)16-11-10-13(2)14(3)12-16/h6-12,15,18H,5H2,1-4H3,(H,22,23). The molecule has 0 bridgehead atoms. The van der Waals surface area contributed by atoms with Crippen LogP contribution in [-0.2, 0) is 4.79 Å². The van der Waals surface area contributed by atoms with Crippen molar-refractivity contribution in [2.45, 2.75) is 46.3 Å². The third kappa shape index (κ3) is 4.51. The van der Waals surface area contributed by atoms with Crippen LogP contribution in [0.4, 0.5) is 0 Å². The van der Waals surface area contributed by atoms with Gasteiger partial charge < -0.3 is 10.1 Å². The third-order valence-corrected chi connectivity index (χ3v) is 4.47. The first-order valence-electron chi connectivity index (χ1n) is 8.21. The molecule has 1 N–H and O–H groups in total. The van der Waals surface area contributed by atoms with E-state index >= 15 is 0 Å². The zero-order valence-corrected chi connectivity index (χ0v) is 15.4. The minimum absolute atomic E-state index is 0.0827. The van der Waals surface area contributed by atoms with E-state index in [4.69, 9.17) is 16.3 Å². The molecule has 128 valence electrons. The lowest BCUT2D eigenvalue weighted by Gasteiger charge is -2.21. The highest BCUT2D eigenvalue weighted by molar-refractivity contribution is 6.32. The minimum atomic E-state index is -0.570. The van der Waals surface area contributed by atoms with Gasteiger partial charge in [-0.05, 0) is 56.0 Å². The number of rotatable bonds is 6. The Morgan fingerprint density at radius 2 is 1.88 bits per heavy atom. The summed E-state index contributed by atoms with van der Waals surface area (Å²) in [6, 6.07) is 13.3. The summed E-state index contributed by atoms with van der Waals surface area (Å²) in [7, 11) is 0. The molecule has 0 aliphatic rings. The van der Waals surface area contributed by atoms with E-state index in [2.05, 4.69) is 31.3 Å². The number of hydrogen-bond donors (Lipinski definition) is 1. The third-order valence-electron chi connectivity index (χ3n) is 4.16. The van der Waals surface area contributed by atoms with E-state index in [0.717, 1.165) is 5.56 Å². The molecule has 0 saturated carbocycles. The average molecular weight is 346 g/mol. The Balaban J connectivity index is 2.05. The van der Waals surface area contributed by atoms with Gasteiger partial charge in [-0.2, -0.15) is 0 Å². The zero-order chi connectivity index (χ0) is 17.7. The molecule has 4 heteroatoms. The first-order valence-corrected chi connectivity index (χ1v) is 8.59. The van der Waals surface area contributed by atoms with E-state index in [1.165, 1.54) is 11.1 Å². The molecular weight excluding hydrogens is 322 g/mol. The molecule has 0 aliphatic heterocycles. The van der Waals surface area contributed by atoms with Crippen LogP contribution in [0.5, 0.6) is 5.75 Å². The maximum atomic E-state index is 12.5. The Bertz CT molecular complexity index is 715. The molecular formula is C20H24ClNO2. The first-order chi connectivity index (χ1) is 11.4. The fourth-order valence-electron chi connectivity index (χ4n) is 2.44. The highest BCUT2D eigenvalue weighted by Crippen LogP contribution is 2.25. The van der Waals surface area contributed by atoms with Crippen LogP contribution in [0.25, 0.3) is 0 Å². The number of amides is 1. The van der Waals surface area contributed by atoms with Gasteiger partial charge in [0.2, 0.25) is 0 Å². The second-order valence-corrected chi connectivity index (χ2v) is 6.43. The van der Waals surface area contributed by atoms with E-state index in [1.54, 1.807) is 12.1 Å². The number of halogens is 1. The summed E-state index contributed by atoms with van der Waals surface area (Å²) < 4.78 is 5.79. The highest BCUT2D eigenvalue weighted by atomic mass is 35.5. The summed E-state index contributed by atoms with van der Waals surface area (Å²) in [5.41, 5.74) is 3.54. The Morgan fingerprint density at radius 3 is 2.50 bits per heavy atom. The molecule has 2 rings (SSSR count). The lowest BCUT2D eigenvalue weighted by atomic mass is 10.0. The Labute approximate surface area is 149 Å². The Kier molecular flexibility index (Phi) is 6.27. The van der Waals surface area contributed by atoms with Crippen LogP contribution in [0.1, 0.15) is 43.0 Å². The molecule has 0 radical (unpaired) electrons. The summed E-state index contributed by atoms with van der Waals surface area (Å²) in [6.45, 7) is 8.04.